The van der Waals surface area contributed by atoms with Crippen LogP contribution in [0.2, 0.25) is 0 Å². The Morgan fingerprint density at radius 2 is 2.47 bits per heavy atom. The summed E-state index contributed by atoms with van der Waals surface area (Å²) in [6.07, 6.45) is 0. The monoisotopic (exact) mass is 227 g/mol. The van der Waals surface area contributed by atoms with Crippen molar-refractivity contribution in [3.63, 3.8) is 0 Å². The zero-order valence-corrected chi connectivity index (χ0v) is 8.90. The van der Waals surface area contributed by atoms with Crippen molar-refractivity contribution in [2.45, 2.75) is 6.61 Å². The number of anilines is 1. The molecular formula is C9H10FN3OS. The molecule has 0 radical (unpaired) electrons. The van der Waals surface area contributed by atoms with Crippen molar-refractivity contribution in [2.24, 2.45) is 0 Å². The van der Waals surface area contributed by atoms with Gasteiger partial charge in [-0.05, 0) is 17.0 Å². The first-order chi connectivity index (χ1) is 7.22. The van der Waals surface area contributed by atoms with Crippen LogP contribution in [0.15, 0.2) is 11.4 Å². The van der Waals surface area contributed by atoms with Crippen LogP contribution in [0.25, 0.3) is 10.6 Å². The molecule has 0 unspecified atom stereocenters. The highest BCUT2D eigenvalue weighted by atomic mass is 32.1. The van der Waals surface area contributed by atoms with E-state index in [-0.39, 0.29) is 5.82 Å². The number of H-pyrrole nitrogens is 1. The lowest BCUT2D eigenvalue weighted by Crippen LogP contribution is -1.86. The van der Waals surface area contributed by atoms with E-state index >= 15 is 0 Å². The van der Waals surface area contributed by atoms with Crippen molar-refractivity contribution in [2.75, 3.05) is 12.8 Å². The van der Waals surface area contributed by atoms with E-state index in [1.54, 1.807) is 7.11 Å². The molecule has 0 spiro atoms. The average molecular weight is 227 g/mol. The van der Waals surface area contributed by atoms with Crippen molar-refractivity contribution in [3.05, 3.63) is 22.8 Å². The number of hydrogen-bond donors (Lipinski definition) is 2. The first kappa shape index (κ1) is 10.1. The van der Waals surface area contributed by atoms with Gasteiger partial charge in [-0.3, -0.25) is 5.10 Å². The van der Waals surface area contributed by atoms with Crippen molar-refractivity contribution in [1.29, 1.82) is 0 Å². The molecule has 0 saturated carbocycles. The predicted octanol–water partition coefficient (Wildman–Crippen LogP) is 2.01. The Morgan fingerprint density at radius 3 is 3.07 bits per heavy atom. The molecule has 0 aliphatic carbocycles. The lowest BCUT2D eigenvalue weighted by Gasteiger charge is -1.92. The van der Waals surface area contributed by atoms with E-state index in [9.17, 15) is 4.39 Å². The topological polar surface area (TPSA) is 63.9 Å². The smallest absolute Gasteiger partial charge is 0.193 e. The Bertz CT molecular complexity index is 466. The molecule has 0 amide bonds. The second kappa shape index (κ2) is 4.00. The third-order valence-corrected chi connectivity index (χ3v) is 2.94. The number of nitrogens with one attached hydrogen (secondary N) is 1. The number of aromatic amines is 1. The van der Waals surface area contributed by atoms with Gasteiger partial charge in [-0.15, -0.1) is 11.3 Å². The van der Waals surface area contributed by atoms with E-state index in [1.165, 1.54) is 11.3 Å². The number of hydrogen-bond acceptors (Lipinski definition) is 4. The fourth-order valence-electron chi connectivity index (χ4n) is 1.25. The molecule has 2 rings (SSSR count). The summed E-state index contributed by atoms with van der Waals surface area (Å²) in [6, 6.07) is 1.85. The zero-order chi connectivity index (χ0) is 10.8. The quantitative estimate of drug-likeness (QED) is 0.843. The Hall–Kier alpha value is -1.40. The van der Waals surface area contributed by atoms with Crippen LogP contribution in [0, 0.1) is 5.82 Å². The molecule has 0 saturated heterocycles. The van der Waals surface area contributed by atoms with Crippen molar-refractivity contribution in [1.82, 2.24) is 10.2 Å². The molecule has 0 fully saturated rings. The van der Waals surface area contributed by atoms with Crippen molar-refractivity contribution >= 4 is 17.2 Å². The maximum Gasteiger partial charge on any atom is 0.193 e. The second-order valence-corrected chi connectivity index (χ2v) is 3.96. The van der Waals surface area contributed by atoms with Gasteiger partial charge in [0.2, 0.25) is 0 Å². The van der Waals surface area contributed by atoms with Gasteiger partial charge in [0, 0.05) is 7.11 Å². The van der Waals surface area contributed by atoms with Crippen molar-refractivity contribution < 1.29 is 9.13 Å². The number of nitrogens with zero attached hydrogens (tertiary/aromatic N) is 1. The summed E-state index contributed by atoms with van der Waals surface area (Å²) < 4.78 is 18.4. The van der Waals surface area contributed by atoms with E-state index in [4.69, 9.17) is 10.5 Å². The molecule has 3 N–H and O–H groups in total. The van der Waals surface area contributed by atoms with Gasteiger partial charge >= 0.3 is 0 Å². The Balaban J connectivity index is 2.33. The van der Waals surface area contributed by atoms with Gasteiger partial charge in [-0.25, -0.2) is 4.39 Å². The summed E-state index contributed by atoms with van der Waals surface area (Å²) in [5.41, 5.74) is 6.64. The first-order valence-corrected chi connectivity index (χ1v) is 5.16. The van der Waals surface area contributed by atoms with Crippen LogP contribution >= 0.6 is 11.3 Å². The van der Waals surface area contributed by atoms with Gasteiger partial charge in [0.25, 0.3) is 0 Å². The molecule has 15 heavy (non-hydrogen) atoms. The minimum absolute atomic E-state index is 0.105. The fourth-order valence-corrected chi connectivity index (χ4v) is 2.14. The molecule has 2 heterocycles. The number of halogens is 1. The van der Waals surface area contributed by atoms with Crippen LogP contribution in [0.4, 0.5) is 10.2 Å². The molecule has 6 heteroatoms. The van der Waals surface area contributed by atoms with E-state index in [2.05, 4.69) is 10.2 Å². The van der Waals surface area contributed by atoms with E-state index in [1.807, 2.05) is 11.4 Å². The molecular weight excluding hydrogens is 217 g/mol. The average Bonchev–Trinajstić information content (AvgIpc) is 2.77. The van der Waals surface area contributed by atoms with Crippen LogP contribution in [0.3, 0.4) is 0 Å². The molecule has 0 aromatic carbocycles. The zero-order valence-electron chi connectivity index (χ0n) is 8.08. The van der Waals surface area contributed by atoms with Gasteiger partial charge < -0.3 is 10.5 Å². The molecule has 4 nitrogen and oxygen atoms in total. The normalized spacial score (nSPS) is 10.8. The molecule has 0 bridgehead atoms. The van der Waals surface area contributed by atoms with Crippen LogP contribution in [-0.2, 0) is 11.3 Å². The summed E-state index contributed by atoms with van der Waals surface area (Å²) >= 11 is 1.42. The molecule has 80 valence electrons. The minimum atomic E-state index is -0.499. The van der Waals surface area contributed by atoms with Gasteiger partial charge in [-0.1, -0.05) is 0 Å². The third kappa shape index (κ3) is 1.86. The summed E-state index contributed by atoms with van der Waals surface area (Å²) in [7, 11) is 1.62. The highest BCUT2D eigenvalue weighted by molar-refractivity contribution is 7.13. The predicted molar refractivity (Wildman–Crippen MR) is 57.0 cm³/mol. The lowest BCUT2D eigenvalue weighted by atomic mass is 10.3. The van der Waals surface area contributed by atoms with Gasteiger partial charge in [0.1, 0.15) is 5.69 Å². The highest BCUT2D eigenvalue weighted by Crippen LogP contribution is 2.29. The van der Waals surface area contributed by atoms with E-state index in [0.717, 1.165) is 10.4 Å². The number of nitrogen functional groups attached to an aromatic ring is 1. The Kier molecular flexibility index (Phi) is 2.70. The van der Waals surface area contributed by atoms with Crippen LogP contribution in [0.5, 0.6) is 0 Å². The van der Waals surface area contributed by atoms with Gasteiger partial charge in [0.05, 0.1) is 11.5 Å². The minimum Gasteiger partial charge on any atom is -0.380 e. The molecule has 0 atom stereocenters. The Labute approximate surface area is 89.9 Å². The number of aromatic nitrogens is 2. The summed E-state index contributed by atoms with van der Waals surface area (Å²) in [5.74, 6) is -0.604. The maximum absolute atomic E-state index is 13.4. The number of rotatable bonds is 3. The van der Waals surface area contributed by atoms with E-state index in [0.29, 0.717) is 12.3 Å². The number of thiophene rings is 1. The standard InChI is InChI=1S/C9H10FN3OS/c1-14-3-5-2-6(15-4-5)8-7(10)9(11)13-12-8/h2,4H,3H2,1H3,(H3,11,12,13). The summed E-state index contributed by atoms with van der Waals surface area (Å²) in [5, 5.41) is 8.08. The molecule has 0 aliphatic heterocycles. The van der Waals surface area contributed by atoms with Crippen molar-refractivity contribution in [3.8, 4) is 10.6 Å². The van der Waals surface area contributed by atoms with E-state index < -0.39 is 5.82 Å². The third-order valence-electron chi connectivity index (χ3n) is 1.94. The highest BCUT2D eigenvalue weighted by Gasteiger charge is 2.13. The summed E-state index contributed by atoms with van der Waals surface area (Å²) in [6.45, 7) is 0.516. The summed E-state index contributed by atoms with van der Waals surface area (Å²) in [4.78, 5) is 0.767. The lowest BCUT2D eigenvalue weighted by molar-refractivity contribution is 0.185. The Morgan fingerprint density at radius 1 is 1.67 bits per heavy atom. The largest absolute Gasteiger partial charge is 0.380 e. The second-order valence-electron chi connectivity index (χ2n) is 3.05. The van der Waals surface area contributed by atoms with Crippen LogP contribution in [0.1, 0.15) is 5.56 Å². The molecule has 2 aromatic heterocycles. The molecule has 2 aromatic rings. The number of ether oxygens (including phenoxy) is 1. The number of methoxy groups -OCH3 is 1. The van der Waals surface area contributed by atoms with Crippen LogP contribution in [-0.4, -0.2) is 17.3 Å². The molecule has 0 aliphatic rings. The fraction of sp³-hybridized carbons (Fsp3) is 0.222. The number of nitrogens with two attached hydrogens (primary N) is 1. The van der Waals surface area contributed by atoms with Crippen LogP contribution < -0.4 is 5.73 Å². The maximum atomic E-state index is 13.4. The first-order valence-electron chi connectivity index (χ1n) is 4.28. The SMILES string of the molecule is COCc1csc(-c2[nH]nc(N)c2F)c1. The van der Waals surface area contributed by atoms with Gasteiger partial charge in [0.15, 0.2) is 11.6 Å². The van der Waals surface area contributed by atoms with Gasteiger partial charge in [-0.2, -0.15) is 5.10 Å².